The van der Waals surface area contributed by atoms with Gasteiger partial charge in [0, 0.05) is 25.6 Å². The van der Waals surface area contributed by atoms with Gasteiger partial charge in [0.1, 0.15) is 16.1 Å². The molecule has 3 nitrogen and oxygen atoms in total. The van der Waals surface area contributed by atoms with Crippen LogP contribution in [0.3, 0.4) is 0 Å². The third kappa shape index (κ3) is 3.55. The highest BCUT2D eigenvalue weighted by molar-refractivity contribution is 7.91. The molecule has 1 aliphatic heterocycles. The molecule has 1 aliphatic carbocycles. The Morgan fingerprint density at radius 3 is 2.64 bits per heavy atom. The fourth-order valence-corrected chi connectivity index (χ4v) is 4.19. The first-order chi connectivity index (χ1) is 10.4. The van der Waals surface area contributed by atoms with Crippen LogP contribution >= 0.6 is 0 Å². The van der Waals surface area contributed by atoms with Gasteiger partial charge >= 0.3 is 0 Å². The van der Waals surface area contributed by atoms with Crippen molar-refractivity contribution in [2.75, 3.05) is 13.1 Å². The molecule has 1 unspecified atom stereocenters. The van der Waals surface area contributed by atoms with Crippen molar-refractivity contribution in [3.63, 3.8) is 0 Å². The maximum atomic E-state index is 12.3. The van der Waals surface area contributed by atoms with Gasteiger partial charge in [-0.2, -0.15) is 0 Å². The van der Waals surface area contributed by atoms with Crippen molar-refractivity contribution >= 4 is 17.1 Å². The van der Waals surface area contributed by atoms with Gasteiger partial charge in [-0.1, -0.05) is 34.7 Å². The first-order valence-corrected chi connectivity index (χ1v) is 9.30. The first kappa shape index (κ1) is 16.0. The molecule has 1 aromatic rings. The van der Waals surface area contributed by atoms with Gasteiger partial charge in [0.2, 0.25) is 0 Å². The van der Waals surface area contributed by atoms with Crippen LogP contribution in [0.2, 0.25) is 0 Å². The second kappa shape index (κ2) is 6.34. The van der Waals surface area contributed by atoms with Crippen molar-refractivity contribution in [3.8, 4) is 0 Å². The van der Waals surface area contributed by atoms with Crippen LogP contribution in [0.5, 0.6) is 0 Å². The molecule has 0 amide bonds. The lowest BCUT2D eigenvalue weighted by Crippen LogP contribution is -2.28. The summed E-state index contributed by atoms with van der Waals surface area (Å²) >= 11 is -1.12. The summed E-state index contributed by atoms with van der Waals surface area (Å²) in [6.45, 7) is 9.23. The number of hydrogen-bond acceptors (Lipinski definition) is 3. The Labute approximate surface area is 137 Å². The first-order valence-electron chi connectivity index (χ1n) is 8.19. The number of fused-ring (bicyclic) bond motifs is 1. The summed E-state index contributed by atoms with van der Waals surface area (Å²) in [6.07, 6.45) is 2.24. The Morgan fingerprint density at radius 1 is 1.23 bits per heavy atom. The van der Waals surface area contributed by atoms with E-state index >= 15 is 0 Å². The van der Waals surface area contributed by atoms with Crippen LogP contribution in [0, 0.1) is 11.8 Å². The Balaban J connectivity index is 1.65. The zero-order valence-corrected chi connectivity index (χ0v) is 14.6. The van der Waals surface area contributed by atoms with E-state index in [9.17, 15) is 4.55 Å². The van der Waals surface area contributed by atoms with E-state index in [4.69, 9.17) is 0 Å². The second-order valence-electron chi connectivity index (χ2n) is 7.53. The molecule has 0 aromatic heterocycles. The maximum Gasteiger partial charge on any atom is 0.144 e. The van der Waals surface area contributed by atoms with Crippen LogP contribution in [-0.4, -0.2) is 33.0 Å². The fraction of sp³-hybridized carbons (Fsp3) is 0.611. The van der Waals surface area contributed by atoms with Gasteiger partial charge in [0.05, 0.1) is 5.71 Å². The van der Waals surface area contributed by atoms with Gasteiger partial charge in [-0.25, -0.2) is 0 Å². The van der Waals surface area contributed by atoms with Gasteiger partial charge in [-0.15, -0.1) is 0 Å². The van der Waals surface area contributed by atoms with Gasteiger partial charge in [0.25, 0.3) is 0 Å². The standard InChI is InChI=1S/C18H26N2OS/c1-18(2,3)22(21)19-17-10-9-15-12-20(13-16(15)17)11-14-7-5-4-6-8-14/h4-8,15-16H,9-13H2,1-3H3/b19-17+/t15-,16+,22?/m0/s1. The molecule has 0 spiro atoms. The highest BCUT2D eigenvalue weighted by atomic mass is 32.2. The number of benzene rings is 1. The summed E-state index contributed by atoms with van der Waals surface area (Å²) in [7, 11) is 0. The molecule has 0 bridgehead atoms. The average molecular weight is 318 g/mol. The predicted molar refractivity (Wildman–Crippen MR) is 93.3 cm³/mol. The average Bonchev–Trinajstić information content (AvgIpc) is 3.00. The summed E-state index contributed by atoms with van der Waals surface area (Å²) in [5.74, 6) is 1.23. The molecule has 4 heteroatoms. The lowest BCUT2D eigenvalue weighted by molar-refractivity contribution is 0.312. The van der Waals surface area contributed by atoms with Crippen LogP contribution in [0.15, 0.2) is 34.7 Å². The number of hydrogen-bond donors (Lipinski definition) is 0. The highest BCUT2D eigenvalue weighted by Crippen LogP contribution is 2.37. The minimum absolute atomic E-state index is 0.257. The van der Waals surface area contributed by atoms with Crippen molar-refractivity contribution in [1.29, 1.82) is 0 Å². The van der Waals surface area contributed by atoms with Crippen LogP contribution in [0.25, 0.3) is 0 Å². The molecule has 2 aliphatic rings. The van der Waals surface area contributed by atoms with Gasteiger partial charge in [0.15, 0.2) is 0 Å². The molecular formula is C18H26N2OS. The van der Waals surface area contributed by atoms with Crippen LogP contribution in [0.4, 0.5) is 0 Å². The van der Waals surface area contributed by atoms with Crippen LogP contribution < -0.4 is 0 Å². The van der Waals surface area contributed by atoms with Crippen molar-refractivity contribution in [1.82, 2.24) is 4.90 Å². The largest absolute Gasteiger partial charge is 0.591 e. The van der Waals surface area contributed by atoms with E-state index in [1.165, 1.54) is 17.7 Å². The molecule has 3 atom stereocenters. The van der Waals surface area contributed by atoms with E-state index < -0.39 is 11.4 Å². The summed E-state index contributed by atoms with van der Waals surface area (Å²) in [6, 6.07) is 10.7. The lowest BCUT2D eigenvalue weighted by atomic mass is 10.00. The van der Waals surface area contributed by atoms with E-state index in [0.717, 1.165) is 26.1 Å². The van der Waals surface area contributed by atoms with E-state index in [1.54, 1.807) is 0 Å². The second-order valence-corrected chi connectivity index (χ2v) is 9.43. The molecular weight excluding hydrogens is 292 g/mol. The number of rotatable bonds is 3. The Morgan fingerprint density at radius 2 is 1.95 bits per heavy atom. The fourth-order valence-electron chi connectivity index (χ4n) is 3.48. The third-order valence-electron chi connectivity index (χ3n) is 4.69. The van der Waals surface area contributed by atoms with Crippen molar-refractivity contribution in [3.05, 3.63) is 35.9 Å². The van der Waals surface area contributed by atoms with Crippen molar-refractivity contribution in [2.24, 2.45) is 16.2 Å². The molecule has 2 fully saturated rings. The zero-order chi connectivity index (χ0) is 15.7. The minimum Gasteiger partial charge on any atom is -0.591 e. The topological polar surface area (TPSA) is 38.7 Å². The molecule has 1 heterocycles. The Hall–Kier alpha value is -0.840. The van der Waals surface area contributed by atoms with Crippen LogP contribution in [0.1, 0.15) is 39.2 Å². The van der Waals surface area contributed by atoms with Gasteiger partial charge in [-0.05, 0) is 45.1 Å². The molecule has 0 radical (unpaired) electrons. The predicted octanol–water partition coefficient (Wildman–Crippen LogP) is 3.43. The molecule has 1 aromatic carbocycles. The zero-order valence-electron chi connectivity index (χ0n) is 13.8. The molecule has 0 N–H and O–H groups in total. The normalized spacial score (nSPS) is 29.0. The smallest absolute Gasteiger partial charge is 0.144 e. The van der Waals surface area contributed by atoms with E-state index in [-0.39, 0.29) is 4.75 Å². The molecule has 22 heavy (non-hydrogen) atoms. The summed E-state index contributed by atoms with van der Waals surface area (Å²) in [4.78, 5) is 2.53. The van der Waals surface area contributed by atoms with E-state index in [2.05, 4.69) is 39.6 Å². The van der Waals surface area contributed by atoms with Crippen molar-refractivity contribution < 1.29 is 4.55 Å². The van der Waals surface area contributed by atoms with E-state index in [1.807, 2.05) is 20.8 Å². The quantitative estimate of drug-likeness (QED) is 0.801. The van der Waals surface area contributed by atoms with Crippen molar-refractivity contribution in [2.45, 2.75) is 44.9 Å². The molecule has 1 saturated carbocycles. The molecule has 3 rings (SSSR count). The SMILES string of the molecule is CC(C)(C)[S+]([O-])/N=C1\CC[C@H]2CN(Cc3ccccc3)C[C@@H]12. The summed E-state index contributed by atoms with van der Waals surface area (Å²) < 4.78 is 16.6. The van der Waals surface area contributed by atoms with Gasteiger partial charge in [-0.3, -0.25) is 4.90 Å². The minimum atomic E-state index is -1.12. The third-order valence-corrected chi connectivity index (χ3v) is 6.14. The molecule has 1 saturated heterocycles. The Bertz CT molecular complexity index is 538. The molecule has 120 valence electrons. The maximum absolute atomic E-state index is 12.3. The highest BCUT2D eigenvalue weighted by Gasteiger charge is 2.42. The van der Waals surface area contributed by atoms with E-state index in [0.29, 0.717) is 11.8 Å². The number of nitrogens with zero attached hydrogens (tertiary/aromatic N) is 2. The van der Waals surface area contributed by atoms with Crippen LogP contribution in [-0.2, 0) is 17.9 Å². The summed E-state index contributed by atoms with van der Waals surface area (Å²) in [5, 5.41) is 0. The number of likely N-dealkylation sites (tertiary alicyclic amines) is 1. The monoisotopic (exact) mass is 318 g/mol. The van der Waals surface area contributed by atoms with Gasteiger partial charge < -0.3 is 4.55 Å². The Kier molecular flexibility index (Phi) is 4.62. The lowest BCUT2D eigenvalue weighted by Gasteiger charge is -2.20. The summed E-state index contributed by atoms with van der Waals surface area (Å²) in [5.41, 5.74) is 2.58.